The van der Waals surface area contributed by atoms with Gasteiger partial charge in [0.05, 0.1) is 23.9 Å². The Kier molecular flexibility index (Phi) is 6.73. The Balaban J connectivity index is 2.12. The van der Waals surface area contributed by atoms with Crippen LogP contribution in [0.2, 0.25) is 0 Å². The van der Waals surface area contributed by atoms with Crippen molar-refractivity contribution in [3.63, 3.8) is 0 Å². The minimum Gasteiger partial charge on any atom is -0.464 e. The molecular formula is C22H31F3N4O4S. The van der Waals surface area contributed by atoms with E-state index in [1.54, 1.807) is 27.7 Å². The third-order valence-corrected chi connectivity index (χ3v) is 7.48. The first-order chi connectivity index (χ1) is 15.4. The highest BCUT2D eigenvalue weighted by Crippen LogP contribution is 2.46. The van der Waals surface area contributed by atoms with Gasteiger partial charge in [0.1, 0.15) is 4.83 Å². The summed E-state index contributed by atoms with van der Waals surface area (Å²) in [5.41, 5.74) is 1.32. The molecule has 0 unspecified atom stereocenters. The standard InChI is InChI=1S/C22H31F3N4O4S/c1-12-14(11-26-29(19(32)33)20(2,3)4)34-17-15(12)16(30)28(13-9-21(5,6)10-13)18(31)27(17)8-7-22(23,24)25/h13,26H,7-11H2,1-6H3,(H,32,33). The van der Waals surface area contributed by atoms with Crippen LogP contribution in [-0.4, -0.2) is 37.1 Å². The quantitative estimate of drug-likeness (QED) is 0.559. The Morgan fingerprint density at radius 2 is 1.82 bits per heavy atom. The van der Waals surface area contributed by atoms with E-state index in [0.29, 0.717) is 23.3 Å². The van der Waals surface area contributed by atoms with E-state index in [1.165, 1.54) is 0 Å². The topological polar surface area (TPSA) is 96.6 Å². The van der Waals surface area contributed by atoms with Gasteiger partial charge in [-0.25, -0.2) is 20.0 Å². The number of nitrogens with zero attached hydrogens (tertiary/aromatic N) is 3. The van der Waals surface area contributed by atoms with Crippen LogP contribution in [0, 0.1) is 12.3 Å². The van der Waals surface area contributed by atoms with Crippen LogP contribution >= 0.6 is 11.3 Å². The van der Waals surface area contributed by atoms with Gasteiger partial charge < -0.3 is 5.11 Å². The molecule has 2 heterocycles. The highest BCUT2D eigenvalue weighted by Gasteiger charge is 2.40. The molecule has 3 rings (SSSR count). The molecule has 190 valence electrons. The van der Waals surface area contributed by atoms with Crippen molar-refractivity contribution in [2.45, 2.75) is 91.7 Å². The Morgan fingerprint density at radius 1 is 1.24 bits per heavy atom. The number of hydrogen-bond acceptors (Lipinski definition) is 5. The maximum atomic E-state index is 13.4. The average molecular weight is 505 g/mol. The molecule has 2 N–H and O–H groups in total. The summed E-state index contributed by atoms with van der Waals surface area (Å²) < 4.78 is 41.2. The van der Waals surface area contributed by atoms with Crippen molar-refractivity contribution in [1.29, 1.82) is 0 Å². The minimum atomic E-state index is -4.46. The van der Waals surface area contributed by atoms with Gasteiger partial charge in [-0.15, -0.1) is 11.3 Å². The molecule has 0 atom stereocenters. The van der Waals surface area contributed by atoms with Gasteiger partial charge in [0, 0.05) is 17.5 Å². The molecular weight excluding hydrogens is 473 g/mol. The SMILES string of the molecule is Cc1c(CNN(C(=O)O)C(C)(C)C)sc2c1c(=O)n(C1CC(C)(C)C1)c(=O)n2CCC(F)(F)F. The third-order valence-electron chi connectivity index (χ3n) is 6.16. The number of carboxylic acid groups (broad SMARTS) is 1. The zero-order valence-electron chi connectivity index (χ0n) is 20.2. The number of amides is 1. The van der Waals surface area contributed by atoms with Gasteiger partial charge in [-0.1, -0.05) is 13.8 Å². The Morgan fingerprint density at radius 3 is 2.29 bits per heavy atom. The van der Waals surface area contributed by atoms with E-state index in [1.807, 2.05) is 13.8 Å². The molecule has 34 heavy (non-hydrogen) atoms. The Hall–Kier alpha value is -2.34. The smallest absolute Gasteiger partial charge is 0.422 e. The molecule has 1 saturated carbocycles. The third kappa shape index (κ3) is 5.17. The van der Waals surface area contributed by atoms with Crippen LogP contribution in [-0.2, 0) is 13.1 Å². The van der Waals surface area contributed by atoms with E-state index in [9.17, 15) is 32.7 Å². The van der Waals surface area contributed by atoms with Gasteiger partial charge >= 0.3 is 18.0 Å². The van der Waals surface area contributed by atoms with Gasteiger partial charge in [-0.3, -0.25) is 13.9 Å². The van der Waals surface area contributed by atoms with Crippen molar-refractivity contribution in [3.8, 4) is 0 Å². The molecule has 1 aliphatic rings. The highest BCUT2D eigenvalue weighted by molar-refractivity contribution is 7.18. The lowest BCUT2D eigenvalue weighted by atomic mass is 9.68. The number of aromatic nitrogens is 2. The summed E-state index contributed by atoms with van der Waals surface area (Å²) in [5, 5.41) is 10.7. The normalized spacial score (nSPS) is 16.6. The summed E-state index contributed by atoms with van der Waals surface area (Å²) in [5.74, 6) is 0. The number of nitrogens with one attached hydrogen (secondary N) is 1. The second-order valence-corrected chi connectivity index (χ2v) is 11.7. The fourth-order valence-electron chi connectivity index (χ4n) is 4.48. The van der Waals surface area contributed by atoms with E-state index < -0.39 is 42.0 Å². The van der Waals surface area contributed by atoms with E-state index in [0.717, 1.165) is 25.5 Å². The molecule has 0 aliphatic heterocycles. The van der Waals surface area contributed by atoms with Crippen LogP contribution in [0.1, 0.15) is 70.4 Å². The maximum Gasteiger partial charge on any atom is 0.422 e. The van der Waals surface area contributed by atoms with Crippen molar-refractivity contribution in [3.05, 3.63) is 31.3 Å². The Labute approximate surface area is 199 Å². The first-order valence-corrected chi connectivity index (χ1v) is 11.9. The summed E-state index contributed by atoms with van der Waals surface area (Å²) >= 11 is 1.04. The number of aryl methyl sites for hydroxylation is 2. The van der Waals surface area contributed by atoms with Gasteiger partial charge in [0.15, 0.2) is 0 Å². The molecule has 1 fully saturated rings. The van der Waals surface area contributed by atoms with Crippen molar-refractivity contribution in [2.75, 3.05) is 0 Å². The molecule has 0 radical (unpaired) electrons. The van der Waals surface area contributed by atoms with Gasteiger partial charge in [-0.2, -0.15) is 13.2 Å². The molecule has 0 aromatic carbocycles. The lowest BCUT2D eigenvalue weighted by Crippen LogP contribution is -2.52. The fourth-order valence-corrected chi connectivity index (χ4v) is 5.73. The number of alkyl halides is 3. The predicted octanol–water partition coefficient (Wildman–Crippen LogP) is 4.63. The zero-order valence-corrected chi connectivity index (χ0v) is 21.0. The summed E-state index contributed by atoms with van der Waals surface area (Å²) in [4.78, 5) is 39.0. The van der Waals surface area contributed by atoms with Crippen molar-refractivity contribution in [1.82, 2.24) is 19.6 Å². The van der Waals surface area contributed by atoms with Gasteiger partial charge in [0.25, 0.3) is 5.56 Å². The first kappa shape index (κ1) is 26.3. The molecule has 0 spiro atoms. The molecule has 0 bridgehead atoms. The van der Waals surface area contributed by atoms with Crippen LogP contribution in [0.3, 0.4) is 0 Å². The molecule has 12 heteroatoms. The summed E-state index contributed by atoms with van der Waals surface area (Å²) in [6, 6.07) is -0.360. The number of hydrazine groups is 1. The number of rotatable bonds is 6. The van der Waals surface area contributed by atoms with Crippen LogP contribution in [0.25, 0.3) is 10.2 Å². The lowest BCUT2D eigenvalue weighted by Gasteiger charge is -2.43. The van der Waals surface area contributed by atoms with Crippen LogP contribution < -0.4 is 16.7 Å². The number of thiophene rings is 1. The number of halogens is 3. The molecule has 1 aliphatic carbocycles. The van der Waals surface area contributed by atoms with Gasteiger partial charge in [-0.05, 0) is 51.5 Å². The van der Waals surface area contributed by atoms with Crippen molar-refractivity contribution < 1.29 is 23.1 Å². The number of carbonyl (C=O) groups is 1. The molecule has 2 aromatic heterocycles. The second-order valence-electron chi connectivity index (χ2n) is 10.7. The number of hydrogen-bond donors (Lipinski definition) is 2. The largest absolute Gasteiger partial charge is 0.464 e. The molecule has 8 nitrogen and oxygen atoms in total. The van der Waals surface area contributed by atoms with Crippen molar-refractivity contribution >= 4 is 27.6 Å². The Bertz CT molecular complexity index is 1210. The summed E-state index contributed by atoms with van der Waals surface area (Å²) in [6.07, 6.45) is -5.68. The van der Waals surface area contributed by atoms with E-state index in [2.05, 4.69) is 5.43 Å². The maximum absolute atomic E-state index is 13.4. The van der Waals surface area contributed by atoms with E-state index in [4.69, 9.17) is 0 Å². The minimum absolute atomic E-state index is 0.0398. The van der Waals surface area contributed by atoms with Crippen molar-refractivity contribution in [2.24, 2.45) is 5.41 Å². The van der Waals surface area contributed by atoms with Crippen LogP contribution in [0.5, 0.6) is 0 Å². The van der Waals surface area contributed by atoms with E-state index in [-0.39, 0.29) is 28.2 Å². The molecule has 0 saturated heterocycles. The van der Waals surface area contributed by atoms with E-state index >= 15 is 0 Å². The zero-order chi connectivity index (χ0) is 25.8. The van der Waals surface area contributed by atoms with Crippen LogP contribution in [0.15, 0.2) is 9.59 Å². The average Bonchev–Trinajstić information content (AvgIpc) is 2.94. The second kappa shape index (κ2) is 8.71. The first-order valence-electron chi connectivity index (χ1n) is 11.0. The fraction of sp³-hybridized carbons (Fsp3) is 0.682. The monoisotopic (exact) mass is 504 g/mol. The molecule has 1 amide bonds. The molecule has 2 aromatic rings. The highest BCUT2D eigenvalue weighted by atomic mass is 32.1. The van der Waals surface area contributed by atoms with Crippen LogP contribution in [0.4, 0.5) is 18.0 Å². The lowest BCUT2D eigenvalue weighted by molar-refractivity contribution is -0.136. The summed E-state index contributed by atoms with van der Waals surface area (Å²) in [6.45, 7) is 10.3. The van der Waals surface area contributed by atoms with Gasteiger partial charge in [0.2, 0.25) is 0 Å². The number of fused-ring (bicyclic) bond motifs is 1. The predicted molar refractivity (Wildman–Crippen MR) is 124 cm³/mol. The summed E-state index contributed by atoms with van der Waals surface area (Å²) in [7, 11) is 0.